The Hall–Kier alpha value is -3.35. The molecule has 2 N–H and O–H groups in total. The van der Waals surface area contributed by atoms with Crippen molar-refractivity contribution in [3.8, 4) is 11.1 Å². The van der Waals surface area contributed by atoms with Crippen molar-refractivity contribution in [1.82, 2.24) is 10.2 Å². The fourth-order valence-electron chi connectivity index (χ4n) is 3.24. The van der Waals surface area contributed by atoms with Crippen LogP contribution in [0.15, 0.2) is 42.5 Å². The van der Waals surface area contributed by atoms with E-state index in [0.717, 1.165) is 23.1 Å². The molecule has 2 aromatic rings. The Labute approximate surface area is 162 Å². The van der Waals surface area contributed by atoms with Gasteiger partial charge in [0.15, 0.2) is 0 Å². The van der Waals surface area contributed by atoms with E-state index in [9.17, 15) is 19.5 Å². The number of benzene rings is 2. The third-order valence-electron chi connectivity index (χ3n) is 4.77. The Morgan fingerprint density at radius 3 is 2.54 bits per heavy atom. The van der Waals surface area contributed by atoms with E-state index in [1.165, 1.54) is 30.1 Å². The van der Waals surface area contributed by atoms with Crippen LogP contribution in [-0.2, 0) is 27.4 Å². The number of nitrogens with one attached hydrogen (secondary N) is 1. The van der Waals surface area contributed by atoms with Crippen LogP contribution < -0.4 is 5.32 Å². The highest BCUT2D eigenvalue weighted by molar-refractivity contribution is 5.87. The zero-order valence-electron chi connectivity index (χ0n) is 15.8. The Morgan fingerprint density at radius 2 is 1.82 bits per heavy atom. The first-order valence-corrected chi connectivity index (χ1v) is 8.92. The predicted octanol–water partition coefficient (Wildman–Crippen LogP) is 2.42. The highest BCUT2D eigenvalue weighted by Gasteiger charge is 2.25. The number of fused-ring (bicyclic) bond motifs is 3. The van der Waals surface area contributed by atoms with Crippen molar-refractivity contribution in [1.29, 1.82) is 0 Å². The van der Waals surface area contributed by atoms with Crippen LogP contribution in [-0.4, -0.2) is 48.1 Å². The molecule has 28 heavy (non-hydrogen) atoms. The van der Waals surface area contributed by atoms with Gasteiger partial charge in [0, 0.05) is 14.1 Å². The second-order valence-electron chi connectivity index (χ2n) is 6.88. The van der Waals surface area contributed by atoms with Crippen LogP contribution in [0.4, 0.5) is 4.79 Å². The number of carboxylic acid groups (broad SMARTS) is 1. The molecular weight excluding hydrogens is 360 g/mol. The lowest BCUT2D eigenvalue weighted by Gasteiger charge is -2.17. The number of aliphatic carboxylic acids is 1. The summed E-state index contributed by atoms with van der Waals surface area (Å²) in [7, 11) is 3.04. The van der Waals surface area contributed by atoms with Crippen molar-refractivity contribution >= 4 is 18.0 Å². The monoisotopic (exact) mass is 382 g/mol. The molecule has 0 aliphatic heterocycles. The van der Waals surface area contributed by atoms with Crippen LogP contribution in [0, 0.1) is 0 Å². The maximum absolute atomic E-state index is 12.1. The van der Waals surface area contributed by atoms with Gasteiger partial charge in [0.25, 0.3) is 0 Å². The third-order valence-corrected chi connectivity index (χ3v) is 4.77. The summed E-state index contributed by atoms with van der Waals surface area (Å²) in [5, 5.41) is 11.5. The number of carbonyl (C=O) groups excluding carboxylic acids is 2. The molecule has 1 aliphatic rings. The van der Waals surface area contributed by atoms with Crippen molar-refractivity contribution in [3.63, 3.8) is 0 Å². The second kappa shape index (κ2) is 8.12. The average Bonchev–Trinajstić information content (AvgIpc) is 3.05. The molecular formula is C21H22N2O5. The van der Waals surface area contributed by atoms with E-state index >= 15 is 0 Å². The fourth-order valence-corrected chi connectivity index (χ4v) is 3.24. The van der Waals surface area contributed by atoms with Gasteiger partial charge in [-0.1, -0.05) is 42.5 Å². The van der Waals surface area contributed by atoms with Crippen molar-refractivity contribution in [3.05, 3.63) is 59.2 Å². The molecule has 7 nitrogen and oxygen atoms in total. The van der Waals surface area contributed by atoms with E-state index in [2.05, 4.69) is 17.4 Å². The van der Waals surface area contributed by atoms with Gasteiger partial charge in [-0.05, 0) is 34.2 Å². The highest BCUT2D eigenvalue weighted by Crippen LogP contribution is 2.38. The maximum atomic E-state index is 12.1. The van der Waals surface area contributed by atoms with Crippen LogP contribution in [0.5, 0.6) is 0 Å². The van der Waals surface area contributed by atoms with Crippen molar-refractivity contribution < 1.29 is 24.2 Å². The topological polar surface area (TPSA) is 95.9 Å². The third kappa shape index (κ3) is 4.14. The first-order valence-electron chi connectivity index (χ1n) is 8.92. The quantitative estimate of drug-likeness (QED) is 0.683. The first kappa shape index (κ1) is 19.4. The van der Waals surface area contributed by atoms with Crippen LogP contribution >= 0.6 is 0 Å². The van der Waals surface area contributed by atoms with Gasteiger partial charge in [-0.25, -0.2) is 9.59 Å². The molecule has 0 saturated heterocycles. The molecule has 0 bridgehead atoms. The molecule has 0 radical (unpaired) electrons. The molecule has 0 fully saturated rings. The lowest BCUT2D eigenvalue weighted by Crippen LogP contribution is -2.44. The molecule has 0 spiro atoms. The molecule has 0 aromatic heterocycles. The second-order valence-corrected chi connectivity index (χ2v) is 6.88. The largest absolute Gasteiger partial charge is 0.480 e. The number of hydrogen-bond acceptors (Lipinski definition) is 4. The molecule has 146 valence electrons. The van der Waals surface area contributed by atoms with Crippen LogP contribution in [0.25, 0.3) is 11.1 Å². The number of carbonyl (C=O) groups is 3. The fraction of sp³-hybridized carbons (Fsp3) is 0.286. The van der Waals surface area contributed by atoms with Crippen molar-refractivity contribution in [2.24, 2.45) is 0 Å². The van der Waals surface area contributed by atoms with E-state index in [1.807, 2.05) is 30.3 Å². The summed E-state index contributed by atoms with van der Waals surface area (Å²) < 4.78 is 5.24. The van der Waals surface area contributed by atoms with E-state index in [0.29, 0.717) is 0 Å². The van der Waals surface area contributed by atoms with Crippen molar-refractivity contribution in [2.75, 3.05) is 14.1 Å². The van der Waals surface area contributed by atoms with Crippen molar-refractivity contribution in [2.45, 2.75) is 25.5 Å². The molecule has 0 unspecified atom stereocenters. The minimum Gasteiger partial charge on any atom is -0.480 e. The van der Waals surface area contributed by atoms with Gasteiger partial charge in [0.05, 0.1) is 6.42 Å². The number of nitrogens with zero attached hydrogens (tertiary/aromatic N) is 1. The average molecular weight is 382 g/mol. The van der Waals surface area contributed by atoms with Crippen LogP contribution in [0.2, 0.25) is 0 Å². The Balaban J connectivity index is 1.64. The lowest BCUT2D eigenvalue weighted by atomic mass is 10.0. The number of rotatable bonds is 6. The maximum Gasteiger partial charge on any atom is 0.408 e. The molecule has 0 heterocycles. The number of ether oxygens (including phenoxy) is 1. The number of alkyl carbamates (subject to hydrolysis) is 1. The van der Waals surface area contributed by atoms with E-state index in [1.54, 1.807) is 0 Å². The SMILES string of the molecule is CN(C)C(=O)C[C@H](NC(=O)OCc1cccc2c1Cc1ccccc1-2)C(=O)O. The number of hydrogen-bond donors (Lipinski definition) is 2. The minimum atomic E-state index is -1.34. The molecule has 1 aliphatic carbocycles. The highest BCUT2D eigenvalue weighted by atomic mass is 16.5. The first-order chi connectivity index (χ1) is 13.4. The van der Waals surface area contributed by atoms with Gasteiger partial charge in [-0.15, -0.1) is 0 Å². The van der Waals surface area contributed by atoms with Crippen LogP contribution in [0.1, 0.15) is 23.1 Å². The van der Waals surface area contributed by atoms with Gasteiger partial charge < -0.3 is 20.1 Å². The summed E-state index contributed by atoms with van der Waals surface area (Å²) in [5.41, 5.74) is 5.51. The van der Waals surface area contributed by atoms with Gasteiger partial charge >= 0.3 is 12.1 Å². The molecule has 2 aromatic carbocycles. The summed E-state index contributed by atoms with van der Waals surface area (Å²) in [6, 6.07) is 12.6. The summed E-state index contributed by atoms with van der Waals surface area (Å²) in [6.07, 6.45) is -0.443. The molecule has 7 heteroatoms. The van der Waals surface area contributed by atoms with E-state index < -0.39 is 24.0 Å². The normalized spacial score (nSPS) is 12.5. The smallest absolute Gasteiger partial charge is 0.408 e. The Bertz CT molecular complexity index is 923. The zero-order valence-corrected chi connectivity index (χ0v) is 15.8. The number of amides is 2. The summed E-state index contributed by atoms with van der Waals surface area (Å²) in [4.78, 5) is 36.4. The summed E-state index contributed by atoms with van der Waals surface area (Å²) in [5.74, 6) is -1.69. The number of carboxylic acids is 1. The Kier molecular flexibility index (Phi) is 5.63. The molecule has 1 atom stereocenters. The van der Waals surface area contributed by atoms with Gasteiger partial charge in [-0.3, -0.25) is 4.79 Å². The lowest BCUT2D eigenvalue weighted by molar-refractivity contribution is -0.142. The zero-order chi connectivity index (χ0) is 20.3. The van der Waals surface area contributed by atoms with Gasteiger partial charge in [0.1, 0.15) is 12.6 Å². The minimum absolute atomic E-state index is 0.0248. The van der Waals surface area contributed by atoms with Gasteiger partial charge in [-0.2, -0.15) is 0 Å². The molecule has 0 saturated carbocycles. The predicted molar refractivity (Wildman–Crippen MR) is 103 cm³/mol. The summed E-state index contributed by atoms with van der Waals surface area (Å²) >= 11 is 0. The summed E-state index contributed by atoms with van der Waals surface area (Å²) in [6.45, 7) is 0.0248. The Morgan fingerprint density at radius 1 is 1.11 bits per heavy atom. The van der Waals surface area contributed by atoms with E-state index in [-0.39, 0.29) is 13.0 Å². The van der Waals surface area contributed by atoms with Gasteiger partial charge in [0.2, 0.25) is 5.91 Å². The standard InChI is InChI=1S/C21H22N2O5/c1-23(2)19(24)11-18(20(25)26)22-21(27)28-12-14-7-5-9-16-15-8-4-3-6-13(15)10-17(14)16/h3-9,18H,10-12H2,1-2H3,(H,22,27)(H,25,26)/t18-/m0/s1. The molecule has 3 rings (SSSR count). The van der Waals surface area contributed by atoms with E-state index in [4.69, 9.17) is 4.74 Å². The molecule has 2 amide bonds. The van der Waals surface area contributed by atoms with Crippen LogP contribution in [0.3, 0.4) is 0 Å².